The van der Waals surface area contributed by atoms with E-state index in [1.807, 2.05) is 0 Å². The van der Waals surface area contributed by atoms with E-state index in [0.29, 0.717) is 44.7 Å². The van der Waals surface area contributed by atoms with Crippen LogP contribution in [0.2, 0.25) is 5.02 Å². The molecule has 1 N–H and O–H groups in total. The zero-order chi connectivity index (χ0) is 17.1. The quantitative estimate of drug-likeness (QED) is 0.682. The van der Waals surface area contributed by atoms with Gasteiger partial charge in [0.05, 0.1) is 30.4 Å². The molecule has 0 radical (unpaired) electrons. The topological polar surface area (TPSA) is 73.3 Å². The summed E-state index contributed by atoms with van der Waals surface area (Å²) in [4.78, 5) is 21.3. The fraction of sp³-hybridized carbons (Fsp3) is 0.188. The van der Waals surface area contributed by atoms with E-state index in [1.54, 1.807) is 37.6 Å². The van der Waals surface area contributed by atoms with E-state index in [0.717, 1.165) is 0 Å². The van der Waals surface area contributed by atoms with Crippen LogP contribution >= 0.6 is 22.9 Å². The Kier molecular flexibility index (Phi) is 4.82. The number of esters is 1. The molecule has 0 aliphatic rings. The highest BCUT2D eigenvalue weighted by atomic mass is 35.5. The maximum Gasteiger partial charge on any atom is 0.339 e. The van der Waals surface area contributed by atoms with Gasteiger partial charge in [-0.25, -0.2) is 14.8 Å². The highest BCUT2D eigenvalue weighted by Gasteiger charge is 2.19. The van der Waals surface area contributed by atoms with Crippen molar-refractivity contribution in [1.82, 2.24) is 9.97 Å². The Hall–Kier alpha value is -2.38. The first-order chi connectivity index (χ1) is 11.6. The predicted molar refractivity (Wildman–Crippen MR) is 94.7 cm³/mol. The van der Waals surface area contributed by atoms with Gasteiger partial charge in [0.15, 0.2) is 0 Å². The number of thiophene rings is 1. The third-order valence-electron chi connectivity index (χ3n) is 3.28. The van der Waals surface area contributed by atoms with Crippen LogP contribution in [0.5, 0.6) is 5.75 Å². The largest absolute Gasteiger partial charge is 0.495 e. The van der Waals surface area contributed by atoms with Gasteiger partial charge in [0.2, 0.25) is 0 Å². The van der Waals surface area contributed by atoms with Crippen LogP contribution in [0.3, 0.4) is 0 Å². The van der Waals surface area contributed by atoms with Crippen molar-refractivity contribution in [3.05, 3.63) is 40.5 Å². The Labute approximate surface area is 147 Å². The highest BCUT2D eigenvalue weighted by molar-refractivity contribution is 7.17. The Morgan fingerprint density at radius 2 is 2.21 bits per heavy atom. The van der Waals surface area contributed by atoms with E-state index in [-0.39, 0.29) is 0 Å². The smallest absolute Gasteiger partial charge is 0.339 e. The number of halogens is 1. The third-order valence-corrected chi connectivity index (χ3v) is 4.40. The van der Waals surface area contributed by atoms with Gasteiger partial charge in [-0.15, -0.1) is 11.3 Å². The minimum absolute atomic E-state index is 0.300. The normalized spacial score (nSPS) is 10.6. The molecule has 2 heterocycles. The monoisotopic (exact) mass is 363 g/mol. The number of carbonyl (C=O) groups excluding carboxylic acids is 1. The molecule has 0 unspecified atom stereocenters. The molecule has 124 valence electrons. The number of benzene rings is 1. The standard InChI is InChI=1S/C16H14ClN3O3S/c1-3-23-16(21)10-7-24-15-13(10)14(18-8-19-15)20-11-6-9(17)4-5-12(11)22-2/h4-8H,3H2,1-2H3,(H,18,19,20). The second-order valence-corrected chi connectivity index (χ2v) is 6.04. The van der Waals surface area contributed by atoms with Crippen LogP contribution in [-0.2, 0) is 4.74 Å². The SMILES string of the molecule is CCOC(=O)c1csc2ncnc(Nc3cc(Cl)ccc3OC)c12. The maximum atomic E-state index is 12.2. The number of anilines is 2. The molecule has 24 heavy (non-hydrogen) atoms. The van der Waals surface area contributed by atoms with E-state index in [1.165, 1.54) is 17.7 Å². The van der Waals surface area contributed by atoms with Gasteiger partial charge in [0.25, 0.3) is 0 Å². The fourth-order valence-electron chi connectivity index (χ4n) is 2.23. The lowest BCUT2D eigenvalue weighted by molar-refractivity contribution is 0.0529. The summed E-state index contributed by atoms with van der Waals surface area (Å²) in [6.45, 7) is 2.06. The molecule has 0 bridgehead atoms. The lowest BCUT2D eigenvalue weighted by Gasteiger charge is -2.12. The molecular weight excluding hydrogens is 350 g/mol. The van der Waals surface area contributed by atoms with Crippen LogP contribution in [0.15, 0.2) is 29.9 Å². The Bertz CT molecular complexity index is 897. The van der Waals surface area contributed by atoms with Gasteiger partial charge >= 0.3 is 5.97 Å². The Morgan fingerprint density at radius 1 is 1.38 bits per heavy atom. The molecule has 1 aromatic carbocycles. The van der Waals surface area contributed by atoms with Crippen molar-refractivity contribution in [3.8, 4) is 5.75 Å². The van der Waals surface area contributed by atoms with Crippen molar-refractivity contribution in [2.24, 2.45) is 0 Å². The zero-order valence-corrected chi connectivity index (χ0v) is 14.6. The fourth-order valence-corrected chi connectivity index (χ4v) is 3.28. The van der Waals surface area contributed by atoms with Crippen molar-refractivity contribution in [1.29, 1.82) is 0 Å². The third kappa shape index (κ3) is 3.13. The molecule has 0 fully saturated rings. The molecule has 0 spiro atoms. The molecule has 3 aromatic rings. The predicted octanol–water partition coefficient (Wildman–Crippen LogP) is 4.27. The number of ether oxygens (including phenoxy) is 2. The first kappa shape index (κ1) is 16.5. The number of aromatic nitrogens is 2. The van der Waals surface area contributed by atoms with E-state index in [2.05, 4.69) is 15.3 Å². The summed E-state index contributed by atoms with van der Waals surface area (Å²) in [7, 11) is 1.57. The first-order valence-electron chi connectivity index (χ1n) is 7.14. The van der Waals surface area contributed by atoms with Crippen LogP contribution in [0.4, 0.5) is 11.5 Å². The second-order valence-electron chi connectivity index (χ2n) is 4.74. The molecule has 8 heteroatoms. The number of nitrogens with one attached hydrogen (secondary N) is 1. The van der Waals surface area contributed by atoms with Crippen LogP contribution in [0.25, 0.3) is 10.2 Å². The van der Waals surface area contributed by atoms with E-state index in [9.17, 15) is 4.79 Å². The molecule has 0 atom stereocenters. The number of hydrogen-bond acceptors (Lipinski definition) is 7. The molecule has 3 rings (SSSR count). The van der Waals surface area contributed by atoms with Gasteiger partial charge in [-0.05, 0) is 25.1 Å². The summed E-state index contributed by atoms with van der Waals surface area (Å²) in [6.07, 6.45) is 1.44. The highest BCUT2D eigenvalue weighted by Crippen LogP contribution is 2.35. The average Bonchev–Trinajstić information content (AvgIpc) is 3.00. The molecule has 0 saturated carbocycles. The molecule has 0 amide bonds. The van der Waals surface area contributed by atoms with Crippen molar-refractivity contribution in [3.63, 3.8) is 0 Å². The number of hydrogen-bond donors (Lipinski definition) is 1. The molecule has 0 saturated heterocycles. The minimum Gasteiger partial charge on any atom is -0.495 e. The molecule has 0 aliphatic carbocycles. The molecular formula is C16H14ClN3O3S. The van der Waals surface area contributed by atoms with Gasteiger partial charge in [-0.2, -0.15) is 0 Å². The number of rotatable bonds is 5. The minimum atomic E-state index is -0.403. The van der Waals surface area contributed by atoms with Gasteiger partial charge in [-0.3, -0.25) is 0 Å². The van der Waals surface area contributed by atoms with Gasteiger partial charge in [0, 0.05) is 10.4 Å². The van der Waals surface area contributed by atoms with Crippen molar-refractivity contribution < 1.29 is 14.3 Å². The van der Waals surface area contributed by atoms with Crippen LogP contribution in [0, 0.1) is 0 Å². The number of nitrogens with zero attached hydrogens (tertiary/aromatic N) is 2. The Morgan fingerprint density at radius 3 is 2.96 bits per heavy atom. The van der Waals surface area contributed by atoms with E-state index < -0.39 is 5.97 Å². The number of carbonyl (C=O) groups is 1. The van der Waals surface area contributed by atoms with Gasteiger partial charge in [0.1, 0.15) is 22.7 Å². The summed E-state index contributed by atoms with van der Waals surface area (Å²) in [5, 5.41) is 6.06. The maximum absolute atomic E-state index is 12.2. The summed E-state index contributed by atoms with van der Waals surface area (Å²) in [5.74, 6) is 0.698. The van der Waals surface area contributed by atoms with E-state index in [4.69, 9.17) is 21.1 Å². The Balaban J connectivity index is 2.08. The van der Waals surface area contributed by atoms with Crippen LogP contribution in [0.1, 0.15) is 17.3 Å². The lowest BCUT2D eigenvalue weighted by Crippen LogP contribution is -2.05. The zero-order valence-electron chi connectivity index (χ0n) is 13.0. The summed E-state index contributed by atoms with van der Waals surface area (Å²) >= 11 is 7.42. The summed E-state index contributed by atoms with van der Waals surface area (Å²) < 4.78 is 10.4. The average molecular weight is 364 g/mol. The van der Waals surface area contributed by atoms with Crippen molar-refractivity contribution in [2.45, 2.75) is 6.92 Å². The summed E-state index contributed by atoms with van der Waals surface area (Å²) in [5.41, 5.74) is 1.08. The van der Waals surface area contributed by atoms with Crippen molar-refractivity contribution >= 4 is 50.6 Å². The van der Waals surface area contributed by atoms with Crippen LogP contribution < -0.4 is 10.1 Å². The molecule has 0 aliphatic heterocycles. The van der Waals surface area contributed by atoms with Crippen molar-refractivity contribution in [2.75, 3.05) is 19.0 Å². The van der Waals surface area contributed by atoms with Crippen LogP contribution in [-0.4, -0.2) is 29.7 Å². The van der Waals surface area contributed by atoms with Gasteiger partial charge < -0.3 is 14.8 Å². The first-order valence-corrected chi connectivity index (χ1v) is 8.39. The second kappa shape index (κ2) is 7.02. The number of methoxy groups -OCH3 is 1. The lowest BCUT2D eigenvalue weighted by atomic mass is 10.2. The van der Waals surface area contributed by atoms with E-state index >= 15 is 0 Å². The molecule has 2 aromatic heterocycles. The molecule has 6 nitrogen and oxygen atoms in total. The summed E-state index contributed by atoms with van der Waals surface area (Å²) in [6, 6.07) is 5.21. The number of fused-ring (bicyclic) bond motifs is 1. The van der Waals surface area contributed by atoms with Gasteiger partial charge in [-0.1, -0.05) is 11.6 Å².